The zero-order chi connectivity index (χ0) is 10.0. The van der Waals surface area contributed by atoms with Gasteiger partial charge in [-0.05, 0) is 34.8 Å². The number of nitrogens with one attached hydrogen (secondary N) is 1. The molecule has 0 amide bonds. The Bertz CT molecular complexity index is 362. The van der Waals surface area contributed by atoms with Crippen LogP contribution < -0.4 is 5.32 Å². The van der Waals surface area contributed by atoms with Crippen LogP contribution in [-0.2, 0) is 0 Å². The maximum absolute atomic E-state index is 9.02. The van der Waals surface area contributed by atoms with Crippen LogP contribution in [0.1, 0.15) is 19.3 Å². The molecular formula is C10H11BrN2S. The Morgan fingerprint density at radius 1 is 1.64 bits per heavy atom. The third-order valence-electron chi connectivity index (χ3n) is 2.72. The van der Waals surface area contributed by atoms with E-state index in [1.807, 2.05) is 5.38 Å². The van der Waals surface area contributed by atoms with Gasteiger partial charge >= 0.3 is 0 Å². The van der Waals surface area contributed by atoms with Crippen molar-refractivity contribution < 1.29 is 0 Å². The molecule has 0 bridgehead atoms. The zero-order valence-electron chi connectivity index (χ0n) is 7.72. The number of anilines is 1. The molecule has 1 saturated carbocycles. The Labute approximate surface area is 96.1 Å². The van der Waals surface area contributed by atoms with Crippen LogP contribution >= 0.6 is 27.3 Å². The maximum atomic E-state index is 9.02. The first-order chi connectivity index (χ1) is 6.74. The fraction of sp³-hybridized carbons (Fsp3) is 0.500. The molecule has 0 atom stereocenters. The molecule has 14 heavy (non-hydrogen) atoms. The standard InChI is InChI=1S/C10H11BrN2S/c11-8-4-9(14-5-8)13-7-10(6-12)2-1-3-10/h4-5,13H,1-3,7H2. The summed E-state index contributed by atoms with van der Waals surface area (Å²) < 4.78 is 1.10. The molecule has 1 aromatic rings. The van der Waals surface area contributed by atoms with Gasteiger partial charge in [-0.3, -0.25) is 0 Å². The highest BCUT2D eigenvalue weighted by Gasteiger charge is 2.36. The smallest absolute Gasteiger partial charge is 0.0894 e. The number of rotatable bonds is 3. The Balaban J connectivity index is 1.91. The first kappa shape index (κ1) is 10.0. The highest BCUT2D eigenvalue weighted by atomic mass is 79.9. The van der Waals surface area contributed by atoms with Crippen molar-refractivity contribution in [1.29, 1.82) is 5.26 Å². The van der Waals surface area contributed by atoms with Crippen LogP contribution in [0.5, 0.6) is 0 Å². The summed E-state index contributed by atoms with van der Waals surface area (Å²) in [6.45, 7) is 0.788. The highest BCUT2D eigenvalue weighted by molar-refractivity contribution is 9.10. The topological polar surface area (TPSA) is 35.8 Å². The van der Waals surface area contributed by atoms with Crippen molar-refractivity contribution in [1.82, 2.24) is 0 Å². The lowest BCUT2D eigenvalue weighted by Gasteiger charge is -2.35. The molecule has 0 unspecified atom stereocenters. The molecule has 0 aromatic carbocycles. The zero-order valence-corrected chi connectivity index (χ0v) is 10.1. The molecule has 1 fully saturated rings. The molecule has 1 aliphatic carbocycles. The van der Waals surface area contributed by atoms with Crippen molar-refractivity contribution >= 4 is 32.3 Å². The van der Waals surface area contributed by atoms with E-state index in [0.717, 1.165) is 28.9 Å². The highest BCUT2D eigenvalue weighted by Crippen LogP contribution is 2.40. The van der Waals surface area contributed by atoms with Crippen LogP contribution in [0.2, 0.25) is 0 Å². The van der Waals surface area contributed by atoms with Crippen molar-refractivity contribution in [3.05, 3.63) is 15.9 Å². The number of hydrogen-bond acceptors (Lipinski definition) is 3. The van der Waals surface area contributed by atoms with Gasteiger partial charge in [0.1, 0.15) is 0 Å². The molecule has 0 spiro atoms. The second kappa shape index (κ2) is 3.92. The molecule has 2 nitrogen and oxygen atoms in total. The lowest BCUT2D eigenvalue weighted by atomic mass is 9.70. The van der Waals surface area contributed by atoms with Crippen LogP contribution in [0, 0.1) is 16.7 Å². The van der Waals surface area contributed by atoms with E-state index in [4.69, 9.17) is 5.26 Å². The van der Waals surface area contributed by atoms with Gasteiger partial charge in [0.15, 0.2) is 0 Å². The van der Waals surface area contributed by atoms with Crippen LogP contribution in [0.4, 0.5) is 5.00 Å². The summed E-state index contributed by atoms with van der Waals surface area (Å²) in [6, 6.07) is 4.47. The predicted octanol–water partition coefficient (Wildman–Crippen LogP) is 3.62. The number of thiophene rings is 1. The summed E-state index contributed by atoms with van der Waals surface area (Å²) in [5, 5.41) is 15.5. The normalized spacial score (nSPS) is 18.3. The Morgan fingerprint density at radius 2 is 2.43 bits per heavy atom. The first-order valence-electron chi connectivity index (χ1n) is 4.63. The summed E-state index contributed by atoms with van der Waals surface area (Å²) in [4.78, 5) is 0. The van der Waals surface area contributed by atoms with Crippen LogP contribution in [0.3, 0.4) is 0 Å². The number of halogens is 1. The predicted molar refractivity (Wildman–Crippen MR) is 62.4 cm³/mol. The van der Waals surface area contributed by atoms with Gasteiger partial charge < -0.3 is 5.32 Å². The van der Waals surface area contributed by atoms with E-state index in [1.165, 1.54) is 6.42 Å². The lowest BCUT2D eigenvalue weighted by molar-refractivity contribution is 0.233. The summed E-state index contributed by atoms with van der Waals surface area (Å²) >= 11 is 5.07. The van der Waals surface area contributed by atoms with E-state index in [0.29, 0.717) is 0 Å². The Morgan fingerprint density at radius 3 is 2.86 bits per heavy atom. The minimum absolute atomic E-state index is 0.0868. The van der Waals surface area contributed by atoms with Crippen LogP contribution in [0.15, 0.2) is 15.9 Å². The molecular weight excluding hydrogens is 260 g/mol. The molecule has 0 radical (unpaired) electrons. The maximum Gasteiger partial charge on any atom is 0.0894 e. The van der Waals surface area contributed by atoms with Crippen molar-refractivity contribution in [2.24, 2.45) is 5.41 Å². The fourth-order valence-corrected chi connectivity index (χ4v) is 2.91. The molecule has 1 N–H and O–H groups in total. The first-order valence-corrected chi connectivity index (χ1v) is 6.31. The van der Waals surface area contributed by atoms with E-state index in [-0.39, 0.29) is 5.41 Å². The fourth-order valence-electron chi connectivity index (χ4n) is 1.59. The average molecular weight is 271 g/mol. The second-order valence-electron chi connectivity index (χ2n) is 3.73. The molecule has 1 aromatic heterocycles. The molecule has 1 aliphatic rings. The summed E-state index contributed by atoms with van der Waals surface area (Å²) in [6.07, 6.45) is 3.29. The van der Waals surface area contributed by atoms with Crippen LogP contribution in [-0.4, -0.2) is 6.54 Å². The van der Waals surface area contributed by atoms with Gasteiger partial charge in [0.25, 0.3) is 0 Å². The van der Waals surface area contributed by atoms with Gasteiger partial charge in [-0.25, -0.2) is 0 Å². The van der Waals surface area contributed by atoms with E-state index >= 15 is 0 Å². The molecule has 2 rings (SSSR count). The minimum Gasteiger partial charge on any atom is -0.375 e. The van der Waals surface area contributed by atoms with E-state index in [9.17, 15) is 0 Å². The van der Waals surface area contributed by atoms with E-state index in [2.05, 4.69) is 33.4 Å². The largest absolute Gasteiger partial charge is 0.375 e. The minimum atomic E-state index is -0.0868. The van der Waals surface area contributed by atoms with Gasteiger partial charge in [-0.1, -0.05) is 6.42 Å². The quantitative estimate of drug-likeness (QED) is 0.911. The average Bonchev–Trinajstić information content (AvgIpc) is 2.50. The number of nitrogens with zero attached hydrogens (tertiary/aromatic N) is 1. The molecule has 4 heteroatoms. The van der Waals surface area contributed by atoms with E-state index in [1.54, 1.807) is 11.3 Å². The van der Waals surface area contributed by atoms with Gasteiger partial charge in [-0.2, -0.15) is 5.26 Å². The third kappa shape index (κ3) is 1.94. The van der Waals surface area contributed by atoms with Crippen molar-refractivity contribution in [2.75, 3.05) is 11.9 Å². The molecule has 0 saturated heterocycles. The van der Waals surface area contributed by atoms with E-state index < -0.39 is 0 Å². The Kier molecular flexibility index (Phi) is 2.80. The Hall–Kier alpha value is -0.530. The van der Waals surface area contributed by atoms with Crippen molar-refractivity contribution in [3.63, 3.8) is 0 Å². The SMILES string of the molecule is N#CC1(CNc2cc(Br)cs2)CCC1. The van der Waals surface area contributed by atoms with Crippen molar-refractivity contribution in [2.45, 2.75) is 19.3 Å². The van der Waals surface area contributed by atoms with Crippen LogP contribution in [0.25, 0.3) is 0 Å². The van der Waals surface area contributed by atoms with Gasteiger partial charge in [0.05, 0.1) is 16.5 Å². The third-order valence-corrected chi connectivity index (χ3v) is 4.37. The summed E-state index contributed by atoms with van der Waals surface area (Å²) in [5.41, 5.74) is -0.0868. The van der Waals surface area contributed by atoms with Gasteiger partial charge in [-0.15, -0.1) is 11.3 Å². The molecule has 1 heterocycles. The lowest BCUT2D eigenvalue weighted by Crippen LogP contribution is -2.34. The monoisotopic (exact) mass is 270 g/mol. The van der Waals surface area contributed by atoms with Crippen molar-refractivity contribution in [3.8, 4) is 6.07 Å². The molecule has 0 aliphatic heterocycles. The number of nitriles is 1. The number of hydrogen-bond donors (Lipinski definition) is 1. The van der Waals surface area contributed by atoms with Gasteiger partial charge in [0.2, 0.25) is 0 Å². The molecule has 74 valence electrons. The summed E-state index contributed by atoms with van der Waals surface area (Å²) in [7, 11) is 0. The summed E-state index contributed by atoms with van der Waals surface area (Å²) in [5.74, 6) is 0. The van der Waals surface area contributed by atoms with Gasteiger partial charge in [0, 0.05) is 16.4 Å². The second-order valence-corrected chi connectivity index (χ2v) is 5.56.